The first kappa shape index (κ1) is 20.6. The molecule has 0 radical (unpaired) electrons. The molecule has 3 aromatic carbocycles. The van der Waals surface area contributed by atoms with E-state index in [1.54, 1.807) is 24.3 Å². The van der Waals surface area contributed by atoms with Crippen LogP contribution in [0.4, 0.5) is 18.9 Å². The first-order valence-electron chi connectivity index (χ1n) is 9.99. The van der Waals surface area contributed by atoms with Gasteiger partial charge in [-0.25, -0.2) is 13.2 Å². The SMILES string of the molecule is O=C(c1ccc(F)cc1)N1CCSC12C(=O)N(Cc1ccc(F)cc1F)c1ccccc12. The van der Waals surface area contributed by atoms with Gasteiger partial charge in [0.15, 0.2) is 4.87 Å². The van der Waals surface area contributed by atoms with Gasteiger partial charge in [-0.2, -0.15) is 0 Å². The topological polar surface area (TPSA) is 40.6 Å². The minimum atomic E-state index is -1.29. The molecule has 1 saturated heterocycles. The summed E-state index contributed by atoms with van der Waals surface area (Å²) in [6.07, 6.45) is 0. The second-order valence-corrected chi connectivity index (χ2v) is 8.89. The summed E-state index contributed by atoms with van der Waals surface area (Å²) in [6.45, 7) is 0.239. The van der Waals surface area contributed by atoms with E-state index in [0.717, 1.165) is 12.1 Å². The number of benzene rings is 3. The maximum absolute atomic E-state index is 14.4. The highest BCUT2D eigenvalue weighted by atomic mass is 32.2. The van der Waals surface area contributed by atoms with Crippen molar-refractivity contribution in [1.82, 2.24) is 4.90 Å². The van der Waals surface area contributed by atoms with Crippen molar-refractivity contribution in [3.05, 3.63) is 101 Å². The van der Waals surface area contributed by atoms with E-state index in [1.165, 1.54) is 51.9 Å². The zero-order chi connectivity index (χ0) is 22.5. The molecule has 1 spiro atoms. The highest BCUT2D eigenvalue weighted by molar-refractivity contribution is 8.01. The fraction of sp³-hybridized carbons (Fsp3) is 0.167. The number of hydrogen-bond acceptors (Lipinski definition) is 3. The Hall–Kier alpha value is -3.26. The number of para-hydroxylation sites is 1. The van der Waals surface area contributed by atoms with Crippen LogP contribution in [-0.4, -0.2) is 29.0 Å². The number of thioether (sulfide) groups is 1. The summed E-state index contributed by atoms with van der Waals surface area (Å²) >= 11 is 1.34. The average molecular weight is 454 g/mol. The molecule has 2 heterocycles. The van der Waals surface area contributed by atoms with Gasteiger partial charge in [0.2, 0.25) is 0 Å². The largest absolute Gasteiger partial charge is 0.311 e. The summed E-state index contributed by atoms with van der Waals surface area (Å²) in [5, 5.41) is 0. The van der Waals surface area contributed by atoms with Crippen molar-refractivity contribution in [2.24, 2.45) is 0 Å². The van der Waals surface area contributed by atoms with E-state index in [0.29, 0.717) is 23.5 Å². The van der Waals surface area contributed by atoms with Gasteiger partial charge < -0.3 is 9.80 Å². The molecule has 0 bridgehead atoms. The smallest absolute Gasteiger partial charge is 0.268 e. The molecule has 5 rings (SSSR count). The Bertz CT molecular complexity index is 1230. The lowest BCUT2D eigenvalue weighted by atomic mass is 10.0. The lowest BCUT2D eigenvalue weighted by molar-refractivity contribution is -0.123. The number of anilines is 1. The van der Waals surface area contributed by atoms with Crippen LogP contribution >= 0.6 is 11.8 Å². The Labute approximate surface area is 186 Å². The molecule has 0 aliphatic carbocycles. The van der Waals surface area contributed by atoms with Gasteiger partial charge in [0.1, 0.15) is 17.5 Å². The van der Waals surface area contributed by atoms with Gasteiger partial charge in [-0.1, -0.05) is 24.3 Å². The molecule has 1 atom stereocenters. The third kappa shape index (κ3) is 3.09. The zero-order valence-corrected chi connectivity index (χ0v) is 17.5. The molecule has 0 N–H and O–H groups in total. The second kappa shape index (κ2) is 7.70. The molecule has 2 amide bonds. The van der Waals surface area contributed by atoms with Gasteiger partial charge in [0.05, 0.1) is 12.2 Å². The van der Waals surface area contributed by atoms with Gasteiger partial charge >= 0.3 is 0 Å². The van der Waals surface area contributed by atoms with Crippen LogP contribution in [-0.2, 0) is 16.2 Å². The molecule has 8 heteroatoms. The van der Waals surface area contributed by atoms with Crippen molar-refractivity contribution in [2.75, 3.05) is 17.2 Å². The van der Waals surface area contributed by atoms with E-state index in [2.05, 4.69) is 0 Å². The maximum atomic E-state index is 14.4. The minimum absolute atomic E-state index is 0.0944. The predicted octanol–water partition coefficient (Wildman–Crippen LogP) is 4.69. The molecular weight excluding hydrogens is 437 g/mol. The van der Waals surface area contributed by atoms with E-state index in [1.807, 2.05) is 0 Å². The van der Waals surface area contributed by atoms with E-state index >= 15 is 0 Å². The van der Waals surface area contributed by atoms with E-state index in [4.69, 9.17) is 0 Å². The van der Waals surface area contributed by atoms with Crippen molar-refractivity contribution in [3.8, 4) is 0 Å². The van der Waals surface area contributed by atoms with Crippen molar-refractivity contribution < 1.29 is 22.8 Å². The molecule has 32 heavy (non-hydrogen) atoms. The predicted molar refractivity (Wildman–Crippen MR) is 116 cm³/mol. The Morgan fingerprint density at radius 3 is 2.44 bits per heavy atom. The Morgan fingerprint density at radius 1 is 0.969 bits per heavy atom. The van der Waals surface area contributed by atoms with Crippen LogP contribution in [0.5, 0.6) is 0 Å². The molecule has 2 aliphatic heterocycles. The second-order valence-electron chi connectivity index (χ2n) is 7.60. The molecule has 1 fully saturated rings. The summed E-state index contributed by atoms with van der Waals surface area (Å²) in [6, 6.07) is 15.5. The number of fused-ring (bicyclic) bond motifs is 2. The first-order chi connectivity index (χ1) is 15.4. The quantitative estimate of drug-likeness (QED) is 0.577. The monoisotopic (exact) mass is 454 g/mol. The number of carbonyl (C=O) groups is 2. The number of nitrogens with zero attached hydrogens (tertiary/aromatic N) is 2. The zero-order valence-electron chi connectivity index (χ0n) is 16.7. The number of hydrogen-bond donors (Lipinski definition) is 0. The first-order valence-corrected chi connectivity index (χ1v) is 11.0. The van der Waals surface area contributed by atoms with Crippen molar-refractivity contribution >= 4 is 29.3 Å². The normalized spacial score (nSPS) is 19.7. The van der Waals surface area contributed by atoms with Crippen molar-refractivity contribution in [1.29, 1.82) is 0 Å². The molecule has 162 valence electrons. The van der Waals surface area contributed by atoms with Crippen LogP contribution in [0.25, 0.3) is 0 Å². The summed E-state index contributed by atoms with van der Waals surface area (Å²) in [5.41, 5.74) is 1.67. The Balaban J connectivity index is 1.57. The molecule has 1 unspecified atom stereocenters. The van der Waals surface area contributed by atoms with Crippen molar-refractivity contribution in [3.63, 3.8) is 0 Å². The fourth-order valence-electron chi connectivity index (χ4n) is 4.29. The van der Waals surface area contributed by atoms with Crippen LogP contribution in [0.3, 0.4) is 0 Å². The van der Waals surface area contributed by atoms with Crippen LogP contribution in [0.1, 0.15) is 21.5 Å². The highest BCUT2D eigenvalue weighted by Crippen LogP contribution is 2.54. The lowest BCUT2D eigenvalue weighted by Crippen LogP contribution is -2.50. The van der Waals surface area contributed by atoms with E-state index in [-0.39, 0.29) is 29.5 Å². The molecule has 2 aliphatic rings. The molecule has 4 nitrogen and oxygen atoms in total. The summed E-state index contributed by atoms with van der Waals surface area (Å²) in [4.78, 5) is 28.8. The number of halogens is 3. The van der Waals surface area contributed by atoms with Gasteiger partial charge in [-0.3, -0.25) is 9.59 Å². The highest BCUT2D eigenvalue weighted by Gasteiger charge is 2.59. The summed E-state index contributed by atoms with van der Waals surface area (Å²) in [5.74, 6) is -2.10. The molecule has 0 aromatic heterocycles. The third-order valence-corrected chi connectivity index (χ3v) is 7.20. The minimum Gasteiger partial charge on any atom is -0.311 e. The molecule has 3 aromatic rings. The van der Waals surface area contributed by atoms with Gasteiger partial charge in [-0.05, 0) is 36.4 Å². The van der Waals surface area contributed by atoms with Gasteiger partial charge in [0, 0.05) is 35.1 Å². The maximum Gasteiger partial charge on any atom is 0.268 e. The Morgan fingerprint density at radius 2 is 1.69 bits per heavy atom. The van der Waals surface area contributed by atoms with Crippen LogP contribution in [0.2, 0.25) is 0 Å². The average Bonchev–Trinajstić information content (AvgIpc) is 3.33. The van der Waals surface area contributed by atoms with Crippen LogP contribution in [0, 0.1) is 17.5 Å². The third-order valence-electron chi connectivity index (χ3n) is 5.78. The van der Waals surface area contributed by atoms with E-state index in [9.17, 15) is 22.8 Å². The molecular formula is C24H17F3N2O2S. The summed E-state index contributed by atoms with van der Waals surface area (Å²) < 4.78 is 41.1. The fourth-order valence-corrected chi connectivity index (χ4v) is 5.75. The van der Waals surface area contributed by atoms with Crippen LogP contribution < -0.4 is 4.90 Å². The summed E-state index contributed by atoms with van der Waals surface area (Å²) in [7, 11) is 0. The number of rotatable bonds is 3. The van der Waals surface area contributed by atoms with Gasteiger partial charge in [0.25, 0.3) is 11.8 Å². The van der Waals surface area contributed by atoms with Crippen LogP contribution in [0.15, 0.2) is 66.7 Å². The molecule has 0 saturated carbocycles. The Kier molecular flexibility index (Phi) is 4.97. The number of carbonyl (C=O) groups excluding carboxylic acids is 2. The standard InChI is InChI=1S/C24H17F3N2O2S/c25-17-8-5-15(6-9-17)22(30)29-11-12-32-24(29)19-3-1-2-4-21(19)28(23(24)31)14-16-7-10-18(26)13-20(16)27/h1-10,13H,11-12,14H2. The van der Waals surface area contributed by atoms with Gasteiger partial charge in [-0.15, -0.1) is 11.8 Å². The van der Waals surface area contributed by atoms with Crippen molar-refractivity contribution in [2.45, 2.75) is 11.4 Å². The number of amides is 2. The van der Waals surface area contributed by atoms with E-state index < -0.39 is 22.3 Å². The lowest BCUT2D eigenvalue weighted by Gasteiger charge is -2.33.